The van der Waals surface area contributed by atoms with Crippen molar-refractivity contribution in [2.24, 2.45) is 5.41 Å². The number of piperidine rings is 1. The zero-order valence-electron chi connectivity index (χ0n) is 22.6. The average molecular weight is 525 g/mol. The lowest BCUT2D eigenvalue weighted by atomic mass is 9.72. The van der Waals surface area contributed by atoms with Gasteiger partial charge in [0.15, 0.2) is 0 Å². The standard InChI is InChI=1S/C31H38F2N2O3/c1-22(2)24-11-13-25(14-12-24)29(38)34-18-16-30(17-19-34,23(3)36)21-28(37)35(26-8-5-4-6-9-26)27-10-7-15-31(32,33)20-27/h4-6,8-9,11-14,22,27H,7,10,15-21H2,1-3H3. The summed E-state index contributed by atoms with van der Waals surface area (Å²) in [5.74, 6) is -2.93. The molecule has 2 amide bonds. The van der Waals surface area contributed by atoms with Crippen LogP contribution in [0.1, 0.15) is 87.6 Å². The third kappa shape index (κ3) is 6.13. The number of nitrogens with zero attached hydrogens (tertiary/aromatic N) is 2. The maximum atomic E-state index is 14.3. The molecule has 1 unspecified atom stereocenters. The zero-order chi connectivity index (χ0) is 27.5. The average Bonchev–Trinajstić information content (AvgIpc) is 2.89. The number of carbonyl (C=O) groups is 3. The van der Waals surface area contributed by atoms with Crippen molar-refractivity contribution in [3.8, 4) is 0 Å². The number of rotatable bonds is 7. The molecule has 4 rings (SSSR count). The van der Waals surface area contributed by atoms with E-state index in [0.717, 1.165) is 5.56 Å². The molecule has 0 aromatic heterocycles. The van der Waals surface area contributed by atoms with Gasteiger partial charge in [-0.15, -0.1) is 0 Å². The number of Topliss-reactive ketones (excluding diaryl/α,β-unsaturated/α-hetero) is 1. The highest BCUT2D eigenvalue weighted by Crippen LogP contribution is 2.41. The van der Waals surface area contributed by atoms with Crippen molar-refractivity contribution in [3.05, 3.63) is 65.7 Å². The van der Waals surface area contributed by atoms with E-state index in [1.165, 1.54) is 11.8 Å². The number of anilines is 1. The highest BCUT2D eigenvalue weighted by molar-refractivity contribution is 5.98. The summed E-state index contributed by atoms with van der Waals surface area (Å²) in [7, 11) is 0. The van der Waals surface area contributed by atoms with Crippen LogP contribution in [0.2, 0.25) is 0 Å². The van der Waals surface area contributed by atoms with Crippen molar-refractivity contribution in [1.82, 2.24) is 4.90 Å². The smallest absolute Gasteiger partial charge is 0.253 e. The van der Waals surface area contributed by atoms with Gasteiger partial charge in [0, 0.05) is 55.1 Å². The molecule has 2 fully saturated rings. The number of alkyl halides is 2. The number of ketones is 1. The molecule has 204 valence electrons. The topological polar surface area (TPSA) is 57.7 Å². The zero-order valence-corrected chi connectivity index (χ0v) is 22.6. The molecule has 1 aliphatic heterocycles. The van der Waals surface area contributed by atoms with Gasteiger partial charge in [-0.3, -0.25) is 14.4 Å². The van der Waals surface area contributed by atoms with Crippen LogP contribution in [0.15, 0.2) is 54.6 Å². The highest BCUT2D eigenvalue weighted by atomic mass is 19.3. The molecule has 1 aliphatic carbocycles. The van der Waals surface area contributed by atoms with Gasteiger partial charge in [0.1, 0.15) is 5.78 Å². The van der Waals surface area contributed by atoms with Crippen molar-refractivity contribution in [1.29, 1.82) is 0 Å². The van der Waals surface area contributed by atoms with E-state index >= 15 is 0 Å². The Hall–Kier alpha value is -3.09. The first-order valence-electron chi connectivity index (χ1n) is 13.7. The number of hydrogen-bond acceptors (Lipinski definition) is 3. The summed E-state index contributed by atoms with van der Waals surface area (Å²) in [4.78, 5) is 43.1. The number of para-hydroxylation sites is 1. The van der Waals surface area contributed by atoms with Crippen LogP contribution < -0.4 is 4.90 Å². The summed E-state index contributed by atoms with van der Waals surface area (Å²) in [5.41, 5.74) is 1.43. The molecule has 5 nitrogen and oxygen atoms in total. The molecule has 0 N–H and O–H groups in total. The summed E-state index contributed by atoms with van der Waals surface area (Å²) >= 11 is 0. The number of likely N-dealkylation sites (tertiary alicyclic amines) is 1. The van der Waals surface area contributed by atoms with Gasteiger partial charge in [-0.2, -0.15) is 0 Å². The molecule has 0 spiro atoms. The predicted octanol–water partition coefficient (Wildman–Crippen LogP) is 6.62. The fraction of sp³-hybridized carbons (Fsp3) is 0.516. The Kier molecular flexibility index (Phi) is 8.34. The Morgan fingerprint density at radius 3 is 2.16 bits per heavy atom. The summed E-state index contributed by atoms with van der Waals surface area (Å²) < 4.78 is 28.7. The van der Waals surface area contributed by atoms with E-state index < -0.39 is 17.4 Å². The van der Waals surface area contributed by atoms with Crippen molar-refractivity contribution in [3.63, 3.8) is 0 Å². The van der Waals surface area contributed by atoms with Crippen LogP contribution in [0.5, 0.6) is 0 Å². The Balaban J connectivity index is 1.50. The molecule has 38 heavy (non-hydrogen) atoms. The number of carbonyl (C=O) groups excluding carboxylic acids is 3. The molecular weight excluding hydrogens is 486 g/mol. The molecule has 1 saturated heterocycles. The van der Waals surface area contributed by atoms with E-state index in [9.17, 15) is 23.2 Å². The van der Waals surface area contributed by atoms with Crippen LogP contribution in [-0.2, 0) is 9.59 Å². The number of benzene rings is 2. The maximum Gasteiger partial charge on any atom is 0.253 e. The fourth-order valence-electron chi connectivity index (χ4n) is 5.87. The van der Waals surface area contributed by atoms with Gasteiger partial charge in [-0.05, 0) is 68.4 Å². The minimum Gasteiger partial charge on any atom is -0.339 e. The molecule has 2 aromatic carbocycles. The van der Waals surface area contributed by atoms with Gasteiger partial charge >= 0.3 is 0 Å². The quantitative estimate of drug-likeness (QED) is 0.409. The SMILES string of the molecule is CC(=O)C1(CC(=O)N(c2ccccc2)C2CCCC(F)(F)C2)CCN(C(=O)c2ccc(C(C)C)cc2)CC1. The third-order valence-electron chi connectivity index (χ3n) is 8.35. The first-order chi connectivity index (χ1) is 18.0. The Morgan fingerprint density at radius 2 is 1.61 bits per heavy atom. The summed E-state index contributed by atoms with van der Waals surface area (Å²) in [6.07, 6.45) is 0.994. The second-order valence-electron chi connectivity index (χ2n) is 11.3. The minimum atomic E-state index is -2.81. The molecule has 0 radical (unpaired) electrons. The van der Waals surface area contributed by atoms with E-state index in [-0.39, 0.29) is 36.9 Å². The molecule has 0 bridgehead atoms. The van der Waals surface area contributed by atoms with Crippen LogP contribution in [0.3, 0.4) is 0 Å². The Labute approximate surface area is 224 Å². The van der Waals surface area contributed by atoms with E-state index in [1.54, 1.807) is 29.2 Å². The summed E-state index contributed by atoms with van der Waals surface area (Å²) in [5, 5.41) is 0. The van der Waals surface area contributed by atoms with E-state index in [4.69, 9.17) is 0 Å². The van der Waals surface area contributed by atoms with E-state index in [0.29, 0.717) is 55.9 Å². The van der Waals surface area contributed by atoms with Crippen LogP contribution in [0.4, 0.5) is 14.5 Å². The lowest BCUT2D eigenvalue weighted by Gasteiger charge is -2.42. The van der Waals surface area contributed by atoms with Gasteiger partial charge in [0.2, 0.25) is 11.8 Å². The molecule has 2 aliphatic rings. The summed E-state index contributed by atoms with van der Waals surface area (Å²) in [6, 6.07) is 15.9. The lowest BCUT2D eigenvalue weighted by Crippen LogP contribution is -2.51. The Morgan fingerprint density at radius 1 is 0.974 bits per heavy atom. The number of amides is 2. The van der Waals surface area contributed by atoms with Crippen LogP contribution in [-0.4, -0.2) is 47.6 Å². The van der Waals surface area contributed by atoms with Crippen LogP contribution in [0.25, 0.3) is 0 Å². The first-order valence-corrected chi connectivity index (χ1v) is 13.7. The number of hydrogen-bond donors (Lipinski definition) is 0. The Bertz CT molecular complexity index is 1140. The molecular formula is C31H38F2N2O3. The van der Waals surface area contributed by atoms with Crippen LogP contribution in [0, 0.1) is 5.41 Å². The molecule has 2 aromatic rings. The van der Waals surface area contributed by atoms with Gasteiger partial charge in [-0.1, -0.05) is 44.2 Å². The highest BCUT2D eigenvalue weighted by Gasteiger charge is 2.45. The minimum absolute atomic E-state index is 0.0512. The second-order valence-corrected chi connectivity index (χ2v) is 11.3. The van der Waals surface area contributed by atoms with Gasteiger partial charge in [-0.25, -0.2) is 8.78 Å². The van der Waals surface area contributed by atoms with Crippen molar-refractivity contribution in [2.45, 2.75) is 83.6 Å². The third-order valence-corrected chi connectivity index (χ3v) is 8.35. The lowest BCUT2D eigenvalue weighted by molar-refractivity contribution is -0.135. The fourth-order valence-corrected chi connectivity index (χ4v) is 5.87. The molecule has 1 saturated carbocycles. The summed E-state index contributed by atoms with van der Waals surface area (Å²) in [6.45, 7) is 6.43. The van der Waals surface area contributed by atoms with E-state index in [1.807, 2.05) is 30.3 Å². The molecule has 1 heterocycles. The van der Waals surface area contributed by atoms with Crippen molar-refractivity contribution < 1.29 is 23.2 Å². The van der Waals surface area contributed by atoms with Gasteiger partial charge in [0.25, 0.3) is 5.91 Å². The normalized spacial score (nSPS) is 20.7. The largest absolute Gasteiger partial charge is 0.339 e. The second kappa shape index (κ2) is 11.3. The van der Waals surface area contributed by atoms with Gasteiger partial charge < -0.3 is 9.80 Å². The maximum absolute atomic E-state index is 14.3. The molecule has 7 heteroatoms. The predicted molar refractivity (Wildman–Crippen MR) is 145 cm³/mol. The monoisotopic (exact) mass is 524 g/mol. The van der Waals surface area contributed by atoms with Crippen molar-refractivity contribution in [2.75, 3.05) is 18.0 Å². The van der Waals surface area contributed by atoms with Crippen LogP contribution >= 0.6 is 0 Å². The first kappa shape index (κ1) is 27.9. The van der Waals surface area contributed by atoms with Crippen molar-refractivity contribution >= 4 is 23.3 Å². The van der Waals surface area contributed by atoms with Gasteiger partial charge in [0.05, 0.1) is 0 Å². The van der Waals surface area contributed by atoms with E-state index in [2.05, 4.69) is 13.8 Å². The number of halogens is 2. The molecule has 1 atom stereocenters.